The van der Waals surface area contributed by atoms with Crippen LogP contribution in [0.25, 0.3) is 0 Å². The molecule has 0 fully saturated rings. The topological polar surface area (TPSA) is 63.3 Å². The van der Waals surface area contributed by atoms with E-state index < -0.39 is 11.5 Å². The Morgan fingerprint density at radius 3 is 2.19 bits per heavy atom. The molecular formula is C13H27NO2. The quantitative estimate of drug-likeness (QED) is 0.705. The van der Waals surface area contributed by atoms with Gasteiger partial charge in [0.25, 0.3) is 0 Å². The van der Waals surface area contributed by atoms with Crippen LogP contribution in [0.4, 0.5) is 0 Å². The van der Waals surface area contributed by atoms with Gasteiger partial charge in [-0.2, -0.15) is 0 Å². The molecule has 3 heteroatoms. The second-order valence-corrected chi connectivity index (χ2v) is 6.35. The Labute approximate surface area is 99.4 Å². The molecule has 96 valence electrons. The highest BCUT2D eigenvalue weighted by atomic mass is 16.4. The third-order valence-electron chi connectivity index (χ3n) is 2.97. The zero-order valence-electron chi connectivity index (χ0n) is 11.3. The van der Waals surface area contributed by atoms with Crippen molar-refractivity contribution in [1.29, 1.82) is 0 Å². The van der Waals surface area contributed by atoms with Crippen LogP contribution < -0.4 is 5.73 Å². The lowest BCUT2D eigenvalue weighted by atomic mass is 9.76. The summed E-state index contributed by atoms with van der Waals surface area (Å²) in [4.78, 5) is 11.0. The maximum atomic E-state index is 11.0. The van der Waals surface area contributed by atoms with Gasteiger partial charge in [0.2, 0.25) is 0 Å². The van der Waals surface area contributed by atoms with Crippen LogP contribution in [0, 0.1) is 11.3 Å². The number of carboxylic acids is 1. The van der Waals surface area contributed by atoms with Crippen LogP contribution in [0.15, 0.2) is 0 Å². The molecule has 0 saturated carbocycles. The van der Waals surface area contributed by atoms with E-state index in [-0.39, 0.29) is 5.41 Å². The summed E-state index contributed by atoms with van der Waals surface area (Å²) in [7, 11) is 0. The summed E-state index contributed by atoms with van der Waals surface area (Å²) in [5.74, 6) is -0.205. The van der Waals surface area contributed by atoms with Crippen molar-refractivity contribution in [1.82, 2.24) is 0 Å². The van der Waals surface area contributed by atoms with Gasteiger partial charge in [-0.25, -0.2) is 0 Å². The van der Waals surface area contributed by atoms with Gasteiger partial charge >= 0.3 is 5.97 Å². The van der Waals surface area contributed by atoms with Gasteiger partial charge in [0.05, 0.1) is 0 Å². The van der Waals surface area contributed by atoms with Crippen LogP contribution >= 0.6 is 0 Å². The van der Waals surface area contributed by atoms with Gasteiger partial charge in [-0.05, 0) is 31.1 Å². The Bertz CT molecular complexity index is 232. The average Bonchev–Trinajstić information content (AvgIpc) is 1.99. The summed E-state index contributed by atoms with van der Waals surface area (Å²) in [6.07, 6.45) is 3.89. The molecule has 3 N–H and O–H groups in total. The molecule has 0 saturated heterocycles. The monoisotopic (exact) mass is 229 g/mol. The van der Waals surface area contributed by atoms with Crippen molar-refractivity contribution >= 4 is 5.97 Å². The van der Waals surface area contributed by atoms with Crippen molar-refractivity contribution in [2.75, 3.05) is 0 Å². The van der Waals surface area contributed by atoms with Crippen molar-refractivity contribution in [2.24, 2.45) is 17.1 Å². The van der Waals surface area contributed by atoms with Crippen LogP contribution in [0.3, 0.4) is 0 Å². The summed E-state index contributed by atoms with van der Waals surface area (Å²) >= 11 is 0. The van der Waals surface area contributed by atoms with E-state index in [2.05, 4.69) is 27.7 Å². The number of rotatable bonds is 7. The molecule has 0 aliphatic rings. The zero-order valence-corrected chi connectivity index (χ0v) is 11.3. The Hall–Kier alpha value is -0.570. The summed E-state index contributed by atoms with van der Waals surface area (Å²) < 4.78 is 0. The molecule has 0 aliphatic heterocycles. The highest BCUT2D eigenvalue weighted by molar-refractivity contribution is 5.77. The predicted molar refractivity (Wildman–Crippen MR) is 67.3 cm³/mol. The first-order valence-electron chi connectivity index (χ1n) is 6.09. The molecule has 0 rings (SSSR count). The molecular weight excluding hydrogens is 202 g/mol. The number of hydrogen-bond acceptors (Lipinski definition) is 2. The third-order valence-corrected chi connectivity index (χ3v) is 2.97. The molecule has 0 aromatic heterocycles. The van der Waals surface area contributed by atoms with Crippen molar-refractivity contribution in [3.05, 3.63) is 0 Å². The van der Waals surface area contributed by atoms with Crippen LogP contribution in [0.5, 0.6) is 0 Å². The van der Waals surface area contributed by atoms with Crippen LogP contribution in [0.2, 0.25) is 0 Å². The fraction of sp³-hybridized carbons (Fsp3) is 0.923. The zero-order chi connectivity index (χ0) is 13.0. The van der Waals surface area contributed by atoms with Gasteiger partial charge in [0.15, 0.2) is 0 Å². The summed E-state index contributed by atoms with van der Waals surface area (Å²) in [5.41, 5.74) is 4.66. The first kappa shape index (κ1) is 15.4. The minimum atomic E-state index is -1.11. The fourth-order valence-corrected chi connectivity index (χ4v) is 2.15. The number of carbonyl (C=O) groups is 1. The van der Waals surface area contributed by atoms with E-state index in [9.17, 15) is 4.79 Å². The maximum absolute atomic E-state index is 11.0. The molecule has 0 aromatic rings. The average molecular weight is 229 g/mol. The van der Waals surface area contributed by atoms with Crippen molar-refractivity contribution in [3.8, 4) is 0 Å². The Balaban J connectivity index is 4.18. The SMILES string of the molecule is CC(C)CCCC(C)(C)CC(C)(N)C(=O)O. The molecule has 0 radical (unpaired) electrons. The van der Waals surface area contributed by atoms with Gasteiger partial charge < -0.3 is 10.8 Å². The number of hydrogen-bond donors (Lipinski definition) is 2. The normalized spacial score (nSPS) is 16.2. The van der Waals surface area contributed by atoms with E-state index in [1.807, 2.05) is 0 Å². The van der Waals surface area contributed by atoms with Crippen LogP contribution in [-0.2, 0) is 4.79 Å². The smallest absolute Gasteiger partial charge is 0.323 e. The molecule has 0 aromatic carbocycles. The second kappa shape index (κ2) is 5.67. The number of nitrogens with two attached hydrogens (primary N) is 1. The minimum absolute atomic E-state index is 0.00319. The Kier molecular flexibility index (Phi) is 5.47. The molecule has 0 aliphatic carbocycles. The van der Waals surface area contributed by atoms with E-state index in [1.54, 1.807) is 6.92 Å². The summed E-state index contributed by atoms with van der Waals surface area (Å²) in [5, 5.41) is 8.99. The molecule has 0 amide bonds. The van der Waals surface area contributed by atoms with E-state index in [4.69, 9.17) is 10.8 Å². The lowest BCUT2D eigenvalue weighted by Crippen LogP contribution is -2.48. The van der Waals surface area contributed by atoms with Crippen molar-refractivity contribution in [2.45, 2.75) is 65.8 Å². The van der Waals surface area contributed by atoms with Crippen molar-refractivity contribution < 1.29 is 9.90 Å². The lowest BCUT2D eigenvalue weighted by Gasteiger charge is -2.32. The summed E-state index contributed by atoms with van der Waals surface area (Å²) in [6, 6.07) is 0. The van der Waals surface area contributed by atoms with Gasteiger partial charge in [-0.3, -0.25) is 4.79 Å². The molecule has 0 spiro atoms. The summed E-state index contributed by atoms with van der Waals surface area (Å²) in [6.45, 7) is 10.2. The van der Waals surface area contributed by atoms with E-state index in [0.717, 1.165) is 12.8 Å². The second-order valence-electron chi connectivity index (χ2n) is 6.35. The standard InChI is InChI=1S/C13H27NO2/c1-10(2)7-6-8-12(3,4)9-13(5,14)11(15)16/h10H,6-9,14H2,1-5H3,(H,15,16). The third kappa shape index (κ3) is 6.11. The highest BCUT2D eigenvalue weighted by Crippen LogP contribution is 2.32. The molecule has 16 heavy (non-hydrogen) atoms. The number of carboxylic acid groups (broad SMARTS) is 1. The minimum Gasteiger partial charge on any atom is -0.480 e. The lowest BCUT2D eigenvalue weighted by molar-refractivity contribution is -0.143. The molecule has 1 atom stereocenters. The largest absolute Gasteiger partial charge is 0.480 e. The first-order chi connectivity index (χ1) is 7.07. The van der Waals surface area contributed by atoms with Gasteiger partial charge in [0, 0.05) is 0 Å². The fourth-order valence-electron chi connectivity index (χ4n) is 2.15. The molecule has 1 unspecified atom stereocenters. The Morgan fingerprint density at radius 2 is 1.81 bits per heavy atom. The Morgan fingerprint density at radius 1 is 1.31 bits per heavy atom. The van der Waals surface area contributed by atoms with Gasteiger partial charge in [-0.15, -0.1) is 0 Å². The van der Waals surface area contributed by atoms with Crippen molar-refractivity contribution in [3.63, 3.8) is 0 Å². The molecule has 0 bridgehead atoms. The van der Waals surface area contributed by atoms with Crippen LogP contribution in [-0.4, -0.2) is 16.6 Å². The molecule has 3 nitrogen and oxygen atoms in total. The van der Waals surface area contributed by atoms with E-state index >= 15 is 0 Å². The van der Waals surface area contributed by atoms with Gasteiger partial charge in [0.1, 0.15) is 5.54 Å². The number of aliphatic carboxylic acids is 1. The van der Waals surface area contributed by atoms with E-state index in [0.29, 0.717) is 12.3 Å². The maximum Gasteiger partial charge on any atom is 0.323 e. The predicted octanol–water partition coefficient (Wildman–Crippen LogP) is 3.03. The van der Waals surface area contributed by atoms with Gasteiger partial charge in [-0.1, -0.05) is 40.5 Å². The first-order valence-corrected chi connectivity index (χ1v) is 6.09. The molecule has 0 heterocycles. The van der Waals surface area contributed by atoms with Crippen LogP contribution in [0.1, 0.15) is 60.3 Å². The van der Waals surface area contributed by atoms with E-state index in [1.165, 1.54) is 6.42 Å². The highest BCUT2D eigenvalue weighted by Gasteiger charge is 2.34.